The van der Waals surface area contributed by atoms with E-state index in [1.807, 2.05) is 23.1 Å². The first-order valence-corrected chi connectivity index (χ1v) is 10.1. The Balaban J connectivity index is 1.35. The van der Waals surface area contributed by atoms with Gasteiger partial charge in [-0.25, -0.2) is 0 Å². The van der Waals surface area contributed by atoms with Gasteiger partial charge in [-0.2, -0.15) is 0 Å². The molecule has 0 saturated heterocycles. The lowest BCUT2D eigenvalue weighted by atomic mass is 10.1. The predicted octanol–water partition coefficient (Wildman–Crippen LogP) is 4.44. The normalized spacial score (nSPS) is 16.1. The Labute approximate surface area is 169 Å². The third-order valence-corrected chi connectivity index (χ3v) is 5.66. The van der Waals surface area contributed by atoms with Gasteiger partial charge in [0, 0.05) is 28.9 Å². The number of ether oxygens (including phenoxy) is 1. The van der Waals surface area contributed by atoms with Crippen LogP contribution in [0.4, 0.5) is 11.4 Å². The van der Waals surface area contributed by atoms with Crippen molar-refractivity contribution in [1.29, 1.82) is 0 Å². The number of hydrogen-bond donors (Lipinski definition) is 1. The van der Waals surface area contributed by atoms with Crippen LogP contribution in [0.2, 0.25) is 5.02 Å². The van der Waals surface area contributed by atoms with Crippen LogP contribution in [-0.4, -0.2) is 25.0 Å². The van der Waals surface area contributed by atoms with Crippen molar-refractivity contribution < 1.29 is 14.3 Å². The molecule has 2 aromatic rings. The van der Waals surface area contributed by atoms with E-state index in [9.17, 15) is 9.59 Å². The number of rotatable bonds is 5. The molecule has 0 unspecified atom stereocenters. The van der Waals surface area contributed by atoms with Crippen LogP contribution >= 0.6 is 11.6 Å². The van der Waals surface area contributed by atoms with E-state index < -0.39 is 0 Å². The molecule has 2 aromatic carbocycles. The van der Waals surface area contributed by atoms with Gasteiger partial charge in [0.25, 0.3) is 5.91 Å². The zero-order chi connectivity index (χ0) is 19.5. The summed E-state index contributed by atoms with van der Waals surface area (Å²) in [6.45, 7) is 0.646. The van der Waals surface area contributed by atoms with Crippen LogP contribution in [0, 0.1) is 5.92 Å². The zero-order valence-electron chi connectivity index (χ0n) is 15.6. The van der Waals surface area contributed by atoms with E-state index in [2.05, 4.69) is 5.32 Å². The van der Waals surface area contributed by atoms with Crippen molar-refractivity contribution >= 4 is 34.8 Å². The highest BCUT2D eigenvalue weighted by molar-refractivity contribution is 6.30. The molecule has 2 aliphatic rings. The monoisotopic (exact) mass is 398 g/mol. The molecule has 0 spiro atoms. The Bertz CT molecular complexity index is 876. The van der Waals surface area contributed by atoms with Crippen LogP contribution in [0.1, 0.15) is 31.2 Å². The van der Waals surface area contributed by atoms with E-state index in [1.54, 1.807) is 24.3 Å². The molecule has 6 heteroatoms. The third kappa shape index (κ3) is 4.14. The second-order valence-electron chi connectivity index (χ2n) is 7.36. The minimum absolute atomic E-state index is 0.0784. The maximum absolute atomic E-state index is 12.7. The summed E-state index contributed by atoms with van der Waals surface area (Å²) in [7, 11) is 0. The molecule has 2 amide bonds. The van der Waals surface area contributed by atoms with Gasteiger partial charge in [0.1, 0.15) is 5.75 Å². The van der Waals surface area contributed by atoms with E-state index in [0.717, 1.165) is 55.6 Å². The minimum atomic E-state index is -0.230. The summed E-state index contributed by atoms with van der Waals surface area (Å²) in [5, 5.41) is 3.48. The number of carbonyl (C=O) groups excluding carboxylic acids is 2. The van der Waals surface area contributed by atoms with Crippen LogP contribution in [0.25, 0.3) is 0 Å². The first-order chi connectivity index (χ1) is 13.6. The standard InChI is InChI=1S/C22H23ClN2O3/c23-17-5-8-19(9-6-17)28-14-21(26)24-18-7-10-20-16(13-18)11-12-25(20)22(27)15-3-1-2-4-15/h5-10,13,15H,1-4,11-12,14H2,(H,24,26). The molecule has 0 atom stereocenters. The number of nitrogens with zero attached hydrogens (tertiary/aromatic N) is 1. The minimum Gasteiger partial charge on any atom is -0.484 e. The molecule has 4 rings (SSSR count). The van der Waals surface area contributed by atoms with Gasteiger partial charge in [-0.3, -0.25) is 9.59 Å². The lowest BCUT2D eigenvalue weighted by molar-refractivity contribution is -0.122. The second-order valence-corrected chi connectivity index (χ2v) is 7.79. The summed E-state index contributed by atoms with van der Waals surface area (Å²) >= 11 is 5.84. The van der Waals surface area contributed by atoms with Crippen LogP contribution in [-0.2, 0) is 16.0 Å². The highest BCUT2D eigenvalue weighted by atomic mass is 35.5. The highest BCUT2D eigenvalue weighted by Crippen LogP contribution is 2.34. The average molecular weight is 399 g/mol. The summed E-state index contributed by atoms with van der Waals surface area (Å²) in [5.74, 6) is 0.793. The first-order valence-electron chi connectivity index (χ1n) is 9.73. The Morgan fingerprint density at radius 3 is 2.61 bits per heavy atom. The average Bonchev–Trinajstić information content (AvgIpc) is 3.37. The quantitative estimate of drug-likeness (QED) is 0.810. The van der Waals surface area contributed by atoms with Gasteiger partial charge in [0.05, 0.1) is 0 Å². The van der Waals surface area contributed by atoms with Gasteiger partial charge in [0.15, 0.2) is 6.61 Å². The summed E-state index contributed by atoms with van der Waals surface area (Å²) < 4.78 is 5.47. The molecule has 0 bridgehead atoms. The number of hydrogen-bond acceptors (Lipinski definition) is 3. The number of fused-ring (bicyclic) bond motifs is 1. The van der Waals surface area contributed by atoms with Gasteiger partial charge in [0.2, 0.25) is 5.91 Å². The van der Waals surface area contributed by atoms with E-state index >= 15 is 0 Å². The number of carbonyl (C=O) groups is 2. The van der Waals surface area contributed by atoms with Crippen molar-refractivity contribution in [2.45, 2.75) is 32.1 Å². The number of nitrogens with one attached hydrogen (secondary N) is 1. The molecule has 1 aliphatic heterocycles. The Morgan fingerprint density at radius 1 is 1.11 bits per heavy atom. The van der Waals surface area contributed by atoms with Gasteiger partial charge >= 0.3 is 0 Å². The smallest absolute Gasteiger partial charge is 0.262 e. The molecule has 1 saturated carbocycles. The fourth-order valence-electron chi connectivity index (χ4n) is 3.98. The Kier molecular flexibility index (Phi) is 5.53. The molecule has 1 aliphatic carbocycles. The summed E-state index contributed by atoms with van der Waals surface area (Å²) in [6.07, 6.45) is 5.14. The molecule has 0 aromatic heterocycles. The molecule has 1 N–H and O–H groups in total. The number of halogens is 1. The predicted molar refractivity (Wildman–Crippen MR) is 110 cm³/mol. The van der Waals surface area contributed by atoms with Crippen LogP contribution in [0.5, 0.6) is 5.75 Å². The Morgan fingerprint density at radius 2 is 1.86 bits per heavy atom. The molecule has 5 nitrogen and oxygen atoms in total. The van der Waals surface area contributed by atoms with Crippen molar-refractivity contribution in [3.63, 3.8) is 0 Å². The van der Waals surface area contributed by atoms with Gasteiger partial charge in [-0.15, -0.1) is 0 Å². The lowest BCUT2D eigenvalue weighted by Crippen LogP contribution is -2.33. The molecular formula is C22H23ClN2O3. The molecule has 28 heavy (non-hydrogen) atoms. The number of benzene rings is 2. The van der Waals surface area contributed by atoms with Crippen molar-refractivity contribution in [2.24, 2.45) is 5.92 Å². The van der Waals surface area contributed by atoms with Crippen molar-refractivity contribution in [3.05, 3.63) is 53.1 Å². The largest absolute Gasteiger partial charge is 0.484 e. The first kappa shape index (κ1) is 18.8. The molecule has 146 valence electrons. The SMILES string of the molecule is O=C(COc1ccc(Cl)cc1)Nc1ccc2c(c1)CCN2C(=O)C1CCCC1. The van der Waals surface area contributed by atoms with Gasteiger partial charge < -0.3 is 15.0 Å². The summed E-state index contributed by atoms with van der Waals surface area (Å²) in [6, 6.07) is 12.6. The Hall–Kier alpha value is -2.53. The second kappa shape index (κ2) is 8.23. The molecule has 0 radical (unpaired) electrons. The summed E-state index contributed by atoms with van der Waals surface area (Å²) in [4.78, 5) is 26.8. The fourth-order valence-corrected chi connectivity index (χ4v) is 4.10. The van der Waals surface area contributed by atoms with E-state index in [4.69, 9.17) is 16.3 Å². The van der Waals surface area contributed by atoms with Crippen LogP contribution < -0.4 is 15.0 Å². The number of amides is 2. The lowest BCUT2D eigenvalue weighted by Gasteiger charge is -2.21. The van der Waals surface area contributed by atoms with Crippen LogP contribution in [0.3, 0.4) is 0 Å². The third-order valence-electron chi connectivity index (χ3n) is 5.41. The number of anilines is 2. The van der Waals surface area contributed by atoms with Crippen molar-refractivity contribution in [2.75, 3.05) is 23.4 Å². The van der Waals surface area contributed by atoms with E-state index in [1.165, 1.54) is 0 Å². The van der Waals surface area contributed by atoms with E-state index in [0.29, 0.717) is 10.8 Å². The summed E-state index contributed by atoms with van der Waals surface area (Å²) in [5.41, 5.74) is 2.80. The maximum Gasteiger partial charge on any atom is 0.262 e. The van der Waals surface area contributed by atoms with Gasteiger partial charge in [-0.1, -0.05) is 24.4 Å². The maximum atomic E-state index is 12.7. The topological polar surface area (TPSA) is 58.6 Å². The highest BCUT2D eigenvalue weighted by Gasteiger charge is 2.31. The van der Waals surface area contributed by atoms with Gasteiger partial charge in [-0.05, 0) is 67.3 Å². The molecule has 1 fully saturated rings. The fraction of sp³-hybridized carbons (Fsp3) is 0.364. The van der Waals surface area contributed by atoms with Crippen molar-refractivity contribution in [1.82, 2.24) is 0 Å². The van der Waals surface area contributed by atoms with Crippen molar-refractivity contribution in [3.8, 4) is 5.75 Å². The molecule has 1 heterocycles. The zero-order valence-corrected chi connectivity index (χ0v) is 16.4. The van der Waals surface area contributed by atoms with Crippen LogP contribution in [0.15, 0.2) is 42.5 Å². The van der Waals surface area contributed by atoms with E-state index in [-0.39, 0.29) is 24.3 Å². The molecular weight excluding hydrogens is 376 g/mol.